The van der Waals surface area contributed by atoms with Crippen LogP contribution in [0.5, 0.6) is 5.75 Å². The molecule has 0 unspecified atom stereocenters. The Morgan fingerprint density at radius 2 is 2.12 bits per heavy atom. The van der Waals surface area contributed by atoms with Crippen LogP contribution in [0.1, 0.15) is 18.4 Å². The molecule has 2 heterocycles. The SMILES string of the molecule is CCOCc1nnc(NC(=O)[C@H]2CC(=O)N(c3ccc(OC)cc3)C2)s1. The monoisotopic (exact) mass is 376 g/mol. The third kappa shape index (κ3) is 4.17. The number of rotatable bonds is 7. The number of hydrogen-bond donors (Lipinski definition) is 1. The van der Waals surface area contributed by atoms with Crippen LogP contribution in [-0.2, 0) is 20.9 Å². The lowest BCUT2D eigenvalue weighted by molar-refractivity contribution is -0.122. The fourth-order valence-corrected chi connectivity index (χ4v) is 3.33. The minimum absolute atomic E-state index is 0.0791. The van der Waals surface area contributed by atoms with Crippen LogP contribution in [0.4, 0.5) is 10.8 Å². The summed E-state index contributed by atoms with van der Waals surface area (Å²) in [5, 5.41) is 11.8. The Morgan fingerprint density at radius 1 is 1.35 bits per heavy atom. The van der Waals surface area contributed by atoms with E-state index in [1.54, 1.807) is 24.1 Å². The molecule has 1 aromatic heterocycles. The summed E-state index contributed by atoms with van der Waals surface area (Å²) in [5.74, 6) is -0.0178. The highest BCUT2D eigenvalue weighted by Crippen LogP contribution is 2.28. The summed E-state index contributed by atoms with van der Waals surface area (Å²) in [6, 6.07) is 7.19. The van der Waals surface area contributed by atoms with Crippen LogP contribution in [0.2, 0.25) is 0 Å². The Labute approximate surface area is 155 Å². The molecule has 9 heteroatoms. The summed E-state index contributed by atoms with van der Waals surface area (Å²) in [6.45, 7) is 3.20. The summed E-state index contributed by atoms with van der Waals surface area (Å²) in [7, 11) is 1.59. The van der Waals surface area contributed by atoms with Crippen molar-refractivity contribution in [3.63, 3.8) is 0 Å². The highest BCUT2D eigenvalue weighted by molar-refractivity contribution is 7.15. The summed E-state index contributed by atoms with van der Waals surface area (Å²) < 4.78 is 10.4. The first-order valence-corrected chi connectivity index (χ1v) is 9.07. The molecule has 1 saturated heterocycles. The molecule has 0 spiro atoms. The minimum atomic E-state index is -0.427. The second-order valence-corrected chi connectivity index (χ2v) is 6.79. The highest BCUT2D eigenvalue weighted by Gasteiger charge is 2.35. The molecule has 1 fully saturated rings. The third-order valence-corrected chi connectivity index (χ3v) is 4.82. The van der Waals surface area contributed by atoms with Crippen molar-refractivity contribution in [3.8, 4) is 5.75 Å². The number of benzene rings is 1. The first kappa shape index (κ1) is 18.3. The molecule has 2 amide bonds. The molecule has 1 aliphatic heterocycles. The molecule has 26 heavy (non-hydrogen) atoms. The van der Waals surface area contributed by atoms with Crippen molar-refractivity contribution in [3.05, 3.63) is 29.3 Å². The third-order valence-electron chi connectivity index (χ3n) is 4.01. The summed E-state index contributed by atoms with van der Waals surface area (Å²) >= 11 is 1.27. The predicted molar refractivity (Wildman–Crippen MR) is 97.3 cm³/mol. The number of methoxy groups -OCH3 is 1. The second kappa shape index (κ2) is 8.24. The Balaban J connectivity index is 1.60. The number of ether oxygens (including phenoxy) is 2. The van der Waals surface area contributed by atoms with Crippen LogP contribution in [0.25, 0.3) is 0 Å². The van der Waals surface area contributed by atoms with Gasteiger partial charge in [-0.05, 0) is 31.2 Å². The lowest BCUT2D eigenvalue weighted by Gasteiger charge is -2.16. The molecule has 0 radical (unpaired) electrons. The molecule has 0 saturated carbocycles. The molecule has 3 rings (SSSR count). The quantitative estimate of drug-likeness (QED) is 0.795. The number of nitrogens with one attached hydrogen (secondary N) is 1. The van der Waals surface area contributed by atoms with Crippen molar-refractivity contribution < 1.29 is 19.1 Å². The van der Waals surface area contributed by atoms with E-state index in [0.29, 0.717) is 35.6 Å². The summed E-state index contributed by atoms with van der Waals surface area (Å²) in [6.07, 6.45) is 0.169. The lowest BCUT2D eigenvalue weighted by Crippen LogP contribution is -2.28. The van der Waals surface area contributed by atoms with E-state index in [1.807, 2.05) is 19.1 Å². The van der Waals surface area contributed by atoms with Gasteiger partial charge in [-0.1, -0.05) is 11.3 Å². The molecular weight excluding hydrogens is 356 g/mol. The molecule has 138 valence electrons. The second-order valence-electron chi connectivity index (χ2n) is 5.73. The Kier molecular flexibility index (Phi) is 5.79. The molecule has 2 aromatic rings. The van der Waals surface area contributed by atoms with Crippen molar-refractivity contribution in [1.82, 2.24) is 10.2 Å². The van der Waals surface area contributed by atoms with E-state index in [4.69, 9.17) is 9.47 Å². The van der Waals surface area contributed by atoms with Gasteiger partial charge in [0.1, 0.15) is 17.4 Å². The molecule has 1 aliphatic rings. The molecular formula is C17H20N4O4S. The lowest BCUT2D eigenvalue weighted by atomic mass is 10.1. The van der Waals surface area contributed by atoms with Crippen LogP contribution in [0, 0.1) is 5.92 Å². The zero-order valence-electron chi connectivity index (χ0n) is 14.6. The standard InChI is InChI=1S/C17H20N4O4S/c1-3-25-10-14-19-20-17(26-14)18-16(23)11-8-15(22)21(9-11)12-4-6-13(24-2)7-5-12/h4-7,11H,3,8-10H2,1-2H3,(H,18,20,23)/t11-/m0/s1. The largest absolute Gasteiger partial charge is 0.497 e. The van der Waals surface area contributed by atoms with Gasteiger partial charge in [-0.3, -0.25) is 9.59 Å². The predicted octanol–water partition coefficient (Wildman–Crippen LogP) is 2.07. The van der Waals surface area contributed by atoms with E-state index in [1.165, 1.54) is 11.3 Å². The number of nitrogens with zero attached hydrogens (tertiary/aromatic N) is 3. The van der Waals surface area contributed by atoms with Gasteiger partial charge in [-0.2, -0.15) is 0 Å². The molecule has 8 nitrogen and oxygen atoms in total. The van der Waals surface area contributed by atoms with Gasteiger partial charge in [0, 0.05) is 25.3 Å². The van der Waals surface area contributed by atoms with Crippen molar-refractivity contribution in [2.24, 2.45) is 5.92 Å². The Morgan fingerprint density at radius 3 is 2.81 bits per heavy atom. The maximum atomic E-state index is 12.5. The van der Waals surface area contributed by atoms with E-state index in [2.05, 4.69) is 15.5 Å². The van der Waals surface area contributed by atoms with Gasteiger partial charge in [-0.25, -0.2) is 0 Å². The number of amides is 2. The summed E-state index contributed by atoms with van der Waals surface area (Å²) in [5.41, 5.74) is 0.751. The Bertz CT molecular complexity index is 777. The van der Waals surface area contributed by atoms with Crippen LogP contribution < -0.4 is 15.0 Å². The number of carbonyl (C=O) groups excluding carboxylic acids is 2. The van der Waals surface area contributed by atoms with Crippen molar-refractivity contribution in [2.45, 2.75) is 20.0 Å². The molecule has 1 aromatic carbocycles. The normalized spacial score (nSPS) is 16.8. The molecule has 0 bridgehead atoms. The van der Waals surface area contributed by atoms with Crippen LogP contribution in [-0.4, -0.2) is 42.3 Å². The minimum Gasteiger partial charge on any atom is -0.497 e. The number of hydrogen-bond acceptors (Lipinski definition) is 7. The Hall–Kier alpha value is -2.52. The highest BCUT2D eigenvalue weighted by atomic mass is 32.1. The van der Waals surface area contributed by atoms with Crippen molar-refractivity contribution in [2.75, 3.05) is 30.5 Å². The number of aromatic nitrogens is 2. The van der Waals surface area contributed by atoms with E-state index >= 15 is 0 Å². The molecule has 1 N–H and O–H groups in total. The first-order chi connectivity index (χ1) is 12.6. The van der Waals surface area contributed by atoms with Gasteiger partial charge in [-0.15, -0.1) is 10.2 Å². The average molecular weight is 376 g/mol. The zero-order chi connectivity index (χ0) is 18.5. The van der Waals surface area contributed by atoms with E-state index < -0.39 is 5.92 Å². The van der Waals surface area contributed by atoms with E-state index in [9.17, 15) is 9.59 Å². The van der Waals surface area contributed by atoms with Gasteiger partial charge in [0.25, 0.3) is 0 Å². The van der Waals surface area contributed by atoms with E-state index in [0.717, 1.165) is 5.69 Å². The van der Waals surface area contributed by atoms with Crippen molar-refractivity contribution in [1.29, 1.82) is 0 Å². The zero-order valence-corrected chi connectivity index (χ0v) is 15.4. The van der Waals surface area contributed by atoms with Crippen LogP contribution in [0.15, 0.2) is 24.3 Å². The van der Waals surface area contributed by atoms with Crippen LogP contribution >= 0.6 is 11.3 Å². The first-order valence-electron chi connectivity index (χ1n) is 8.26. The maximum absolute atomic E-state index is 12.5. The number of anilines is 2. The fourth-order valence-electron chi connectivity index (χ4n) is 2.65. The van der Waals surface area contributed by atoms with Gasteiger partial charge in [0.15, 0.2) is 0 Å². The van der Waals surface area contributed by atoms with E-state index in [-0.39, 0.29) is 18.2 Å². The molecule has 0 aliphatic carbocycles. The maximum Gasteiger partial charge on any atom is 0.231 e. The van der Waals surface area contributed by atoms with Gasteiger partial charge in [0.05, 0.1) is 13.0 Å². The van der Waals surface area contributed by atoms with Crippen LogP contribution in [0.3, 0.4) is 0 Å². The van der Waals surface area contributed by atoms with Gasteiger partial charge >= 0.3 is 0 Å². The fraction of sp³-hybridized carbons (Fsp3) is 0.412. The number of carbonyl (C=O) groups is 2. The van der Waals surface area contributed by atoms with Crippen molar-refractivity contribution >= 4 is 34.0 Å². The van der Waals surface area contributed by atoms with Gasteiger partial charge in [0.2, 0.25) is 16.9 Å². The summed E-state index contributed by atoms with van der Waals surface area (Å²) in [4.78, 5) is 26.4. The topological polar surface area (TPSA) is 93.7 Å². The smallest absolute Gasteiger partial charge is 0.231 e. The average Bonchev–Trinajstić information content (AvgIpc) is 3.26. The van der Waals surface area contributed by atoms with Gasteiger partial charge < -0.3 is 19.7 Å². The molecule has 1 atom stereocenters.